The minimum absolute atomic E-state index is 0.380. The van der Waals surface area contributed by atoms with Crippen LogP contribution in [-0.2, 0) is 21.3 Å². The van der Waals surface area contributed by atoms with Gasteiger partial charge in [-0.15, -0.1) is 11.3 Å². The van der Waals surface area contributed by atoms with Crippen molar-refractivity contribution in [2.24, 2.45) is 4.99 Å². The van der Waals surface area contributed by atoms with Crippen LogP contribution in [0.25, 0.3) is 0 Å². The van der Waals surface area contributed by atoms with Gasteiger partial charge in [0.2, 0.25) is 0 Å². The Kier molecular flexibility index (Phi) is 7.04. The van der Waals surface area contributed by atoms with Gasteiger partial charge in [-0.3, -0.25) is 0 Å². The lowest BCUT2D eigenvalue weighted by atomic mass is 10.1. The van der Waals surface area contributed by atoms with Crippen molar-refractivity contribution in [2.45, 2.75) is 30.0 Å². The van der Waals surface area contributed by atoms with Crippen molar-refractivity contribution in [2.75, 3.05) is 44.7 Å². The normalized spacial score (nSPS) is 19.1. The number of hydrogen-bond donors (Lipinski definition) is 1. The number of para-hydroxylation sites is 1. The van der Waals surface area contributed by atoms with Gasteiger partial charge >= 0.3 is 0 Å². The van der Waals surface area contributed by atoms with E-state index in [1.165, 1.54) is 22.1 Å². The standard InChI is InChI=1S/C21H28N4O3S2/c26-30(27,25-13-15-28-16-14-25)20-10-9-19(29-20)17-22-21(24-11-5-2-6-12-24)23-18-7-3-1-4-8-18/h1,3-4,7-10H,2,5-6,11-17H2,(H,22,23). The molecule has 0 bridgehead atoms. The molecular formula is C21H28N4O3S2. The minimum atomic E-state index is -3.45. The van der Waals surface area contributed by atoms with Gasteiger partial charge in [0.1, 0.15) is 4.21 Å². The van der Waals surface area contributed by atoms with Gasteiger partial charge in [0.25, 0.3) is 10.0 Å². The molecule has 2 aliphatic heterocycles. The van der Waals surface area contributed by atoms with Crippen LogP contribution in [0.1, 0.15) is 24.1 Å². The molecule has 0 atom stereocenters. The number of ether oxygens (including phenoxy) is 1. The lowest BCUT2D eigenvalue weighted by molar-refractivity contribution is 0.0731. The molecule has 2 aliphatic rings. The van der Waals surface area contributed by atoms with Crippen molar-refractivity contribution >= 4 is 33.0 Å². The summed E-state index contributed by atoms with van der Waals surface area (Å²) in [6.07, 6.45) is 3.58. The van der Waals surface area contributed by atoms with E-state index in [1.54, 1.807) is 6.07 Å². The van der Waals surface area contributed by atoms with Crippen LogP contribution < -0.4 is 5.32 Å². The van der Waals surface area contributed by atoms with Crippen LogP contribution in [0.3, 0.4) is 0 Å². The number of rotatable bonds is 5. The number of morpholine rings is 1. The number of anilines is 1. The molecule has 2 aromatic rings. The number of sulfonamides is 1. The summed E-state index contributed by atoms with van der Waals surface area (Å²) in [5.41, 5.74) is 1.00. The molecular weight excluding hydrogens is 420 g/mol. The molecule has 0 radical (unpaired) electrons. The predicted molar refractivity (Wildman–Crippen MR) is 121 cm³/mol. The van der Waals surface area contributed by atoms with Gasteiger partial charge in [0, 0.05) is 36.7 Å². The SMILES string of the molecule is O=S(=O)(c1ccc(CN=C(Nc2ccccc2)N2CCCCC2)s1)N1CCOCC1. The second-order valence-corrected chi connectivity index (χ2v) is 10.7. The Balaban J connectivity index is 1.49. The summed E-state index contributed by atoms with van der Waals surface area (Å²) in [6, 6.07) is 13.6. The van der Waals surface area contributed by atoms with Crippen LogP contribution >= 0.6 is 11.3 Å². The zero-order valence-corrected chi connectivity index (χ0v) is 18.6. The van der Waals surface area contributed by atoms with E-state index in [4.69, 9.17) is 9.73 Å². The number of likely N-dealkylation sites (tertiary alicyclic amines) is 1. The lowest BCUT2D eigenvalue weighted by Crippen LogP contribution is -2.40. The summed E-state index contributed by atoms with van der Waals surface area (Å²) in [5, 5.41) is 3.45. The van der Waals surface area contributed by atoms with Crippen LogP contribution in [0.4, 0.5) is 5.69 Å². The molecule has 1 aromatic carbocycles. The zero-order chi connectivity index (χ0) is 20.8. The smallest absolute Gasteiger partial charge is 0.252 e. The third-order valence-electron chi connectivity index (χ3n) is 5.27. The first-order chi connectivity index (χ1) is 14.6. The number of aliphatic imine (C=N–C) groups is 1. The van der Waals surface area contributed by atoms with Crippen LogP contribution in [0.15, 0.2) is 51.7 Å². The molecule has 30 heavy (non-hydrogen) atoms. The van der Waals surface area contributed by atoms with Crippen molar-refractivity contribution < 1.29 is 13.2 Å². The molecule has 0 spiro atoms. The Bertz CT molecular complexity index is 948. The van der Waals surface area contributed by atoms with E-state index < -0.39 is 10.0 Å². The molecule has 2 saturated heterocycles. The highest BCUT2D eigenvalue weighted by molar-refractivity contribution is 7.91. The molecule has 7 nitrogen and oxygen atoms in total. The minimum Gasteiger partial charge on any atom is -0.379 e. The largest absolute Gasteiger partial charge is 0.379 e. The number of benzene rings is 1. The highest BCUT2D eigenvalue weighted by Crippen LogP contribution is 2.26. The highest BCUT2D eigenvalue weighted by atomic mass is 32.2. The average Bonchev–Trinajstić information content (AvgIpc) is 3.28. The topological polar surface area (TPSA) is 74.2 Å². The van der Waals surface area contributed by atoms with E-state index in [2.05, 4.69) is 10.2 Å². The molecule has 4 rings (SSSR count). The molecule has 0 unspecified atom stereocenters. The Labute approximate surface area is 182 Å². The Morgan fingerprint density at radius 2 is 1.73 bits per heavy atom. The fraction of sp³-hybridized carbons (Fsp3) is 0.476. The fourth-order valence-corrected chi connectivity index (χ4v) is 6.47. The monoisotopic (exact) mass is 448 g/mol. The number of nitrogens with zero attached hydrogens (tertiary/aromatic N) is 3. The zero-order valence-electron chi connectivity index (χ0n) is 17.0. The highest BCUT2D eigenvalue weighted by Gasteiger charge is 2.27. The summed E-state index contributed by atoms with van der Waals surface area (Å²) < 4.78 is 32.9. The van der Waals surface area contributed by atoms with Gasteiger partial charge in [-0.05, 0) is 43.5 Å². The van der Waals surface area contributed by atoms with Crippen molar-refractivity contribution in [1.82, 2.24) is 9.21 Å². The molecule has 1 N–H and O–H groups in total. The van der Waals surface area contributed by atoms with Crippen molar-refractivity contribution in [3.8, 4) is 0 Å². The summed E-state index contributed by atoms with van der Waals surface area (Å²) in [4.78, 5) is 8.06. The average molecular weight is 449 g/mol. The number of hydrogen-bond acceptors (Lipinski definition) is 5. The van der Waals surface area contributed by atoms with Gasteiger partial charge in [-0.2, -0.15) is 4.31 Å². The van der Waals surface area contributed by atoms with Crippen molar-refractivity contribution in [1.29, 1.82) is 0 Å². The molecule has 0 saturated carbocycles. The summed E-state index contributed by atoms with van der Waals surface area (Å²) in [5.74, 6) is 0.854. The third kappa shape index (κ3) is 5.21. The third-order valence-corrected chi connectivity index (χ3v) is 8.71. The molecule has 0 amide bonds. The number of thiophene rings is 1. The van der Waals surface area contributed by atoms with E-state index in [9.17, 15) is 8.42 Å². The van der Waals surface area contributed by atoms with Crippen LogP contribution in [-0.4, -0.2) is 63.0 Å². The van der Waals surface area contributed by atoms with Gasteiger partial charge in [-0.1, -0.05) is 18.2 Å². The van der Waals surface area contributed by atoms with E-state index in [1.807, 2.05) is 36.4 Å². The second-order valence-electron chi connectivity index (χ2n) is 7.42. The Morgan fingerprint density at radius 3 is 2.47 bits per heavy atom. The van der Waals surface area contributed by atoms with Crippen LogP contribution in [0.2, 0.25) is 0 Å². The molecule has 0 aliphatic carbocycles. The van der Waals surface area contributed by atoms with E-state index in [0.29, 0.717) is 37.1 Å². The number of nitrogens with one attached hydrogen (secondary N) is 1. The predicted octanol–water partition coefficient (Wildman–Crippen LogP) is 3.22. The summed E-state index contributed by atoms with van der Waals surface area (Å²) in [6.45, 7) is 4.15. The second kappa shape index (κ2) is 9.91. The lowest BCUT2D eigenvalue weighted by Gasteiger charge is -2.30. The van der Waals surface area contributed by atoms with E-state index >= 15 is 0 Å². The van der Waals surface area contributed by atoms with Gasteiger partial charge in [0.15, 0.2) is 5.96 Å². The van der Waals surface area contributed by atoms with Gasteiger partial charge in [-0.25, -0.2) is 13.4 Å². The molecule has 2 fully saturated rings. The van der Waals surface area contributed by atoms with Crippen LogP contribution in [0.5, 0.6) is 0 Å². The quantitative estimate of drug-likeness (QED) is 0.562. The number of piperidine rings is 1. The maximum atomic E-state index is 12.9. The first-order valence-corrected chi connectivity index (χ1v) is 12.7. The maximum Gasteiger partial charge on any atom is 0.252 e. The molecule has 162 valence electrons. The van der Waals surface area contributed by atoms with Gasteiger partial charge in [0.05, 0.1) is 19.8 Å². The maximum absolute atomic E-state index is 12.9. The summed E-state index contributed by atoms with van der Waals surface area (Å²) >= 11 is 1.30. The summed E-state index contributed by atoms with van der Waals surface area (Å²) in [7, 11) is -3.45. The number of guanidine groups is 1. The van der Waals surface area contributed by atoms with Crippen LogP contribution in [0, 0.1) is 0 Å². The Morgan fingerprint density at radius 1 is 1.00 bits per heavy atom. The first-order valence-electron chi connectivity index (χ1n) is 10.4. The molecule has 1 aromatic heterocycles. The van der Waals surface area contributed by atoms with E-state index in [0.717, 1.165) is 42.5 Å². The molecule has 9 heteroatoms. The van der Waals surface area contributed by atoms with Crippen molar-refractivity contribution in [3.05, 3.63) is 47.3 Å². The van der Waals surface area contributed by atoms with Crippen molar-refractivity contribution in [3.63, 3.8) is 0 Å². The first kappa shape index (κ1) is 21.3. The molecule has 3 heterocycles. The van der Waals surface area contributed by atoms with Gasteiger partial charge < -0.3 is 15.0 Å². The van der Waals surface area contributed by atoms with E-state index in [-0.39, 0.29) is 0 Å². The fourth-order valence-electron chi connectivity index (χ4n) is 3.62. The Hall–Kier alpha value is -1.94.